The molecule has 0 fully saturated rings. The number of halogens is 2. The summed E-state index contributed by atoms with van der Waals surface area (Å²) < 4.78 is 43.1. The maximum Gasteiger partial charge on any atom is 0.380 e. The first-order valence-corrected chi connectivity index (χ1v) is 6.48. The number of carbonyl (C=O) groups excluding carboxylic acids is 1. The van der Waals surface area contributed by atoms with Crippen LogP contribution in [0.5, 0.6) is 11.5 Å². The summed E-state index contributed by atoms with van der Waals surface area (Å²) in [5.41, 5.74) is -2.89. The highest BCUT2D eigenvalue weighted by molar-refractivity contribution is 5.79. The number of carbonyl (C=O) groups is 1. The summed E-state index contributed by atoms with van der Waals surface area (Å²) in [6.45, 7) is 2.71. The highest BCUT2D eigenvalue weighted by Crippen LogP contribution is 2.42. The fourth-order valence-electron chi connectivity index (χ4n) is 1.95. The largest absolute Gasteiger partial charge is 0.486 e. The van der Waals surface area contributed by atoms with Gasteiger partial charge in [0.25, 0.3) is 0 Å². The van der Waals surface area contributed by atoms with E-state index in [1.165, 1.54) is 25.1 Å². The van der Waals surface area contributed by atoms with Crippen LogP contribution in [0.25, 0.3) is 0 Å². The molecule has 0 spiro atoms. The molecule has 116 valence electrons. The molecule has 7 heteroatoms. The Morgan fingerprint density at radius 1 is 1.33 bits per heavy atom. The second-order valence-electron chi connectivity index (χ2n) is 4.73. The molecule has 1 heterocycles. The molecule has 0 aromatic heterocycles. The number of benzene rings is 1. The van der Waals surface area contributed by atoms with E-state index in [-0.39, 0.29) is 24.5 Å². The van der Waals surface area contributed by atoms with E-state index in [4.69, 9.17) is 9.47 Å². The molecular weight excluding hydrogens is 286 g/mol. The van der Waals surface area contributed by atoms with Crippen LogP contribution in [0.15, 0.2) is 18.2 Å². The zero-order chi connectivity index (χ0) is 15.7. The maximum atomic E-state index is 14.1. The Morgan fingerprint density at radius 3 is 2.57 bits per heavy atom. The van der Waals surface area contributed by atoms with E-state index in [0.717, 1.165) is 6.92 Å². The van der Waals surface area contributed by atoms with Gasteiger partial charge in [0, 0.05) is 0 Å². The fraction of sp³-hybridized carbons (Fsp3) is 0.500. The van der Waals surface area contributed by atoms with Gasteiger partial charge in [-0.1, -0.05) is 6.07 Å². The van der Waals surface area contributed by atoms with Crippen LogP contribution in [-0.2, 0) is 15.1 Å². The number of rotatable bonds is 4. The molecule has 2 rings (SSSR count). The smallest absolute Gasteiger partial charge is 0.380 e. The highest BCUT2D eigenvalue weighted by Gasteiger charge is 2.58. The first-order chi connectivity index (χ1) is 9.80. The van der Waals surface area contributed by atoms with Crippen LogP contribution in [0.2, 0.25) is 0 Å². The number of alkyl halides is 2. The quantitative estimate of drug-likeness (QED) is 0.860. The van der Waals surface area contributed by atoms with Crippen molar-refractivity contribution in [1.82, 2.24) is 0 Å². The van der Waals surface area contributed by atoms with E-state index in [9.17, 15) is 18.7 Å². The van der Waals surface area contributed by atoms with Crippen molar-refractivity contribution >= 4 is 5.97 Å². The summed E-state index contributed by atoms with van der Waals surface area (Å²) in [6, 6.07) is 3.92. The van der Waals surface area contributed by atoms with Crippen molar-refractivity contribution in [3.05, 3.63) is 23.8 Å². The van der Waals surface area contributed by atoms with Gasteiger partial charge in [-0.05, 0) is 31.5 Å². The molecule has 1 unspecified atom stereocenters. The van der Waals surface area contributed by atoms with Gasteiger partial charge in [0.2, 0.25) is 0 Å². The zero-order valence-corrected chi connectivity index (χ0v) is 11.7. The molecule has 1 aliphatic heterocycles. The van der Waals surface area contributed by atoms with Crippen molar-refractivity contribution in [2.45, 2.75) is 25.4 Å². The van der Waals surface area contributed by atoms with E-state index >= 15 is 0 Å². The predicted molar refractivity (Wildman–Crippen MR) is 68.6 cm³/mol. The van der Waals surface area contributed by atoms with Crippen LogP contribution in [0.3, 0.4) is 0 Å². The molecule has 1 aromatic carbocycles. The summed E-state index contributed by atoms with van der Waals surface area (Å²) in [5, 5.41) is 10.2. The Balaban J connectivity index is 2.36. The van der Waals surface area contributed by atoms with Gasteiger partial charge in [0.1, 0.15) is 13.2 Å². The van der Waals surface area contributed by atoms with E-state index in [1.54, 1.807) is 0 Å². The zero-order valence-electron chi connectivity index (χ0n) is 11.7. The molecular formula is C14H16F2O5. The lowest BCUT2D eigenvalue weighted by Crippen LogP contribution is -2.49. The Kier molecular flexibility index (Phi) is 4.04. The first-order valence-electron chi connectivity index (χ1n) is 6.48. The van der Waals surface area contributed by atoms with Gasteiger partial charge in [0.05, 0.1) is 6.61 Å². The molecule has 5 nitrogen and oxygen atoms in total. The molecule has 0 bridgehead atoms. The number of hydrogen-bond acceptors (Lipinski definition) is 5. The highest BCUT2D eigenvalue weighted by atomic mass is 19.3. The number of fused-ring (bicyclic) bond motifs is 1. The minimum Gasteiger partial charge on any atom is -0.486 e. The molecule has 1 atom stereocenters. The fourth-order valence-corrected chi connectivity index (χ4v) is 1.95. The van der Waals surface area contributed by atoms with Crippen LogP contribution in [-0.4, -0.2) is 36.8 Å². The van der Waals surface area contributed by atoms with E-state index in [2.05, 4.69) is 4.74 Å². The summed E-state index contributed by atoms with van der Waals surface area (Å²) >= 11 is 0. The van der Waals surface area contributed by atoms with Crippen molar-refractivity contribution in [3.63, 3.8) is 0 Å². The second-order valence-corrected chi connectivity index (χ2v) is 4.73. The average Bonchev–Trinajstić information content (AvgIpc) is 2.46. The Bertz CT molecular complexity index is 542. The molecule has 21 heavy (non-hydrogen) atoms. The second kappa shape index (κ2) is 5.48. The van der Waals surface area contributed by atoms with Crippen LogP contribution < -0.4 is 9.47 Å². The third-order valence-electron chi connectivity index (χ3n) is 3.25. The lowest BCUT2D eigenvalue weighted by atomic mass is 9.89. The van der Waals surface area contributed by atoms with Gasteiger partial charge in [0.15, 0.2) is 17.1 Å². The van der Waals surface area contributed by atoms with Crippen LogP contribution >= 0.6 is 0 Å². The van der Waals surface area contributed by atoms with Crippen LogP contribution in [0.1, 0.15) is 19.4 Å². The summed E-state index contributed by atoms with van der Waals surface area (Å²) in [6.07, 6.45) is 0. The monoisotopic (exact) mass is 302 g/mol. The van der Waals surface area contributed by atoms with Gasteiger partial charge >= 0.3 is 11.9 Å². The molecule has 0 saturated heterocycles. The van der Waals surface area contributed by atoms with Crippen LogP contribution in [0, 0.1) is 0 Å². The van der Waals surface area contributed by atoms with Crippen molar-refractivity contribution in [2.75, 3.05) is 19.8 Å². The third-order valence-corrected chi connectivity index (χ3v) is 3.25. The Hall–Kier alpha value is -1.89. The molecule has 0 aliphatic carbocycles. The molecule has 1 aliphatic rings. The molecule has 0 saturated carbocycles. The average molecular weight is 302 g/mol. The molecule has 0 amide bonds. The minimum absolute atomic E-state index is 0.162. The lowest BCUT2D eigenvalue weighted by molar-refractivity contribution is -0.212. The first kappa shape index (κ1) is 15.5. The number of ether oxygens (including phenoxy) is 3. The third kappa shape index (κ3) is 2.65. The topological polar surface area (TPSA) is 65.0 Å². The number of aliphatic hydroxyl groups is 1. The van der Waals surface area contributed by atoms with Gasteiger partial charge in [-0.15, -0.1) is 0 Å². The van der Waals surface area contributed by atoms with Crippen molar-refractivity contribution < 1.29 is 32.9 Å². The molecule has 0 radical (unpaired) electrons. The van der Waals surface area contributed by atoms with Gasteiger partial charge < -0.3 is 19.3 Å². The summed E-state index contributed by atoms with van der Waals surface area (Å²) in [4.78, 5) is 11.4. The van der Waals surface area contributed by atoms with Crippen molar-refractivity contribution in [2.24, 2.45) is 0 Å². The predicted octanol–water partition coefficient (Wildman–Crippen LogP) is 1.86. The SMILES string of the molecule is CCOC(=O)C(F)(F)C(C)(O)c1ccc2c(c1)OCCO2. The van der Waals surface area contributed by atoms with Gasteiger partial charge in [-0.25, -0.2) is 4.79 Å². The lowest BCUT2D eigenvalue weighted by Gasteiger charge is -2.31. The van der Waals surface area contributed by atoms with E-state index < -0.39 is 17.5 Å². The standard InChI is InChI=1S/C14H16F2O5/c1-3-19-12(17)14(15,16)13(2,18)9-4-5-10-11(8-9)21-7-6-20-10/h4-5,8,18H,3,6-7H2,1-2H3. The Labute approximate surface area is 120 Å². The van der Waals surface area contributed by atoms with E-state index in [0.29, 0.717) is 12.4 Å². The maximum absolute atomic E-state index is 14.1. The molecule has 1 aromatic rings. The molecule has 1 N–H and O–H groups in total. The van der Waals surface area contributed by atoms with Gasteiger partial charge in [-0.3, -0.25) is 0 Å². The van der Waals surface area contributed by atoms with Crippen LogP contribution in [0.4, 0.5) is 8.78 Å². The summed E-state index contributed by atoms with van der Waals surface area (Å²) in [7, 11) is 0. The van der Waals surface area contributed by atoms with E-state index in [1.807, 2.05) is 0 Å². The van der Waals surface area contributed by atoms with Crippen molar-refractivity contribution in [1.29, 1.82) is 0 Å². The minimum atomic E-state index is -4.09. The normalized spacial score (nSPS) is 17.0. The summed E-state index contributed by atoms with van der Waals surface area (Å²) in [5.74, 6) is -5.21. The number of esters is 1. The number of hydrogen-bond donors (Lipinski definition) is 1. The Morgan fingerprint density at radius 2 is 1.95 bits per heavy atom. The van der Waals surface area contributed by atoms with Gasteiger partial charge in [-0.2, -0.15) is 8.78 Å². The van der Waals surface area contributed by atoms with Crippen molar-refractivity contribution in [3.8, 4) is 11.5 Å².